The fourth-order valence-electron chi connectivity index (χ4n) is 7.62. The second-order valence-electron chi connectivity index (χ2n) is 18.5. The van der Waals surface area contributed by atoms with Gasteiger partial charge in [-0.1, -0.05) is 221 Å². The number of carbonyl (C=O) groups excluding carboxylic acids is 3. The number of hydrogen-bond acceptors (Lipinski definition) is 6. The second-order valence-corrected chi connectivity index (χ2v) is 18.5. The van der Waals surface area contributed by atoms with Crippen molar-refractivity contribution in [2.75, 3.05) is 13.2 Å². The molecule has 0 saturated carbocycles. The lowest BCUT2D eigenvalue weighted by molar-refractivity contribution is -0.167. The summed E-state index contributed by atoms with van der Waals surface area (Å²) in [6, 6.07) is 0. The van der Waals surface area contributed by atoms with Crippen LogP contribution in [-0.2, 0) is 28.6 Å². The Morgan fingerprint density at radius 2 is 0.597 bits per heavy atom. The first-order chi connectivity index (χ1) is 33.0. The van der Waals surface area contributed by atoms with Gasteiger partial charge in [-0.15, -0.1) is 0 Å². The van der Waals surface area contributed by atoms with E-state index < -0.39 is 6.10 Å². The molecule has 384 valence electrons. The first kappa shape index (κ1) is 63.6. The topological polar surface area (TPSA) is 78.9 Å². The molecule has 0 aliphatic heterocycles. The highest BCUT2D eigenvalue weighted by Gasteiger charge is 2.19. The Balaban J connectivity index is 4.43. The minimum atomic E-state index is -0.792. The van der Waals surface area contributed by atoms with Gasteiger partial charge < -0.3 is 14.2 Å². The van der Waals surface area contributed by atoms with Crippen LogP contribution in [0.4, 0.5) is 0 Å². The van der Waals surface area contributed by atoms with Crippen LogP contribution in [-0.4, -0.2) is 37.2 Å². The van der Waals surface area contributed by atoms with E-state index in [1.54, 1.807) is 0 Å². The zero-order valence-electron chi connectivity index (χ0n) is 43.9. The predicted molar refractivity (Wildman–Crippen MR) is 288 cm³/mol. The van der Waals surface area contributed by atoms with Crippen molar-refractivity contribution in [3.8, 4) is 0 Å². The summed E-state index contributed by atoms with van der Waals surface area (Å²) in [4.78, 5) is 38.1. The SMILES string of the molecule is CC/C=C\C/C=C\C/C=C\CCCCCCCCCC(=O)OC(COC(=O)CCCCCCC/C=C\C/C=C\CCCC)COC(=O)CCCCCCCCC/C=C\C/C=C\CCCCCC. The standard InChI is InChI=1S/C61H104O6/c1-4-7-10-13-16-19-22-25-28-30-32-33-36-39-42-45-48-51-54-60(63)66-57-58(56-65-59(62)53-50-47-44-41-38-35-27-24-21-18-15-12-9-6-3)67-61(64)55-52-49-46-43-40-37-34-31-29-26-23-20-17-14-11-8-5-2/h8,11,15,17-20,22,24,26-30,58H,4-7,9-10,12-14,16,21,23,25,31-57H2,1-3H3/b11-8-,18-15-,20-17-,22-19-,27-24-,29-26-,30-28-. The maximum atomic E-state index is 12.8. The van der Waals surface area contributed by atoms with Gasteiger partial charge >= 0.3 is 17.9 Å². The molecule has 0 aliphatic rings. The predicted octanol–water partition coefficient (Wildman–Crippen LogP) is 18.8. The lowest BCUT2D eigenvalue weighted by atomic mass is 10.1. The molecule has 0 aliphatic carbocycles. The number of esters is 3. The number of ether oxygens (including phenoxy) is 3. The minimum Gasteiger partial charge on any atom is -0.462 e. The third kappa shape index (κ3) is 53.4. The third-order valence-corrected chi connectivity index (χ3v) is 11.9. The molecule has 0 rings (SSSR count). The number of rotatable bonds is 50. The first-order valence-corrected chi connectivity index (χ1v) is 28.1. The zero-order valence-corrected chi connectivity index (χ0v) is 43.9. The van der Waals surface area contributed by atoms with E-state index >= 15 is 0 Å². The highest BCUT2D eigenvalue weighted by Crippen LogP contribution is 2.14. The Labute approximate surface area is 414 Å². The number of allylic oxidation sites excluding steroid dienone is 14. The molecular formula is C61H104O6. The van der Waals surface area contributed by atoms with Crippen molar-refractivity contribution in [3.05, 3.63) is 85.1 Å². The van der Waals surface area contributed by atoms with Gasteiger partial charge in [0.25, 0.3) is 0 Å². The van der Waals surface area contributed by atoms with Gasteiger partial charge in [-0.25, -0.2) is 0 Å². The van der Waals surface area contributed by atoms with E-state index in [2.05, 4.69) is 106 Å². The van der Waals surface area contributed by atoms with Gasteiger partial charge in [-0.05, 0) is 109 Å². The van der Waals surface area contributed by atoms with Crippen molar-refractivity contribution >= 4 is 17.9 Å². The van der Waals surface area contributed by atoms with E-state index in [9.17, 15) is 14.4 Å². The van der Waals surface area contributed by atoms with Crippen molar-refractivity contribution in [2.45, 2.75) is 271 Å². The molecule has 0 aromatic rings. The van der Waals surface area contributed by atoms with Crippen LogP contribution in [0.2, 0.25) is 0 Å². The Morgan fingerprint density at radius 1 is 0.313 bits per heavy atom. The van der Waals surface area contributed by atoms with Gasteiger partial charge in [-0.3, -0.25) is 14.4 Å². The molecular weight excluding hydrogens is 829 g/mol. The minimum absolute atomic E-state index is 0.0895. The number of carbonyl (C=O) groups is 3. The van der Waals surface area contributed by atoms with Crippen molar-refractivity contribution < 1.29 is 28.6 Å². The van der Waals surface area contributed by atoms with E-state index in [1.807, 2.05) is 0 Å². The lowest BCUT2D eigenvalue weighted by Crippen LogP contribution is -2.30. The molecule has 1 unspecified atom stereocenters. The van der Waals surface area contributed by atoms with Crippen LogP contribution in [0.25, 0.3) is 0 Å². The maximum Gasteiger partial charge on any atom is 0.306 e. The molecule has 0 aromatic carbocycles. The molecule has 0 heterocycles. The monoisotopic (exact) mass is 933 g/mol. The largest absolute Gasteiger partial charge is 0.462 e. The van der Waals surface area contributed by atoms with Gasteiger partial charge in [0.1, 0.15) is 13.2 Å². The molecule has 0 amide bonds. The Morgan fingerprint density at radius 3 is 0.955 bits per heavy atom. The van der Waals surface area contributed by atoms with E-state index in [4.69, 9.17) is 14.2 Å². The van der Waals surface area contributed by atoms with E-state index in [-0.39, 0.29) is 31.1 Å². The summed E-state index contributed by atoms with van der Waals surface area (Å²) in [5.74, 6) is -0.917. The number of hydrogen-bond donors (Lipinski definition) is 0. The third-order valence-electron chi connectivity index (χ3n) is 11.9. The first-order valence-electron chi connectivity index (χ1n) is 28.1. The molecule has 0 aromatic heterocycles. The molecule has 0 saturated heterocycles. The molecule has 6 heteroatoms. The molecule has 1 atom stereocenters. The molecule has 67 heavy (non-hydrogen) atoms. The van der Waals surface area contributed by atoms with Crippen LogP contribution >= 0.6 is 0 Å². The molecule has 6 nitrogen and oxygen atoms in total. The summed E-state index contributed by atoms with van der Waals surface area (Å²) >= 11 is 0. The molecule has 0 fully saturated rings. The molecule has 0 bridgehead atoms. The summed E-state index contributed by atoms with van der Waals surface area (Å²) in [5.41, 5.74) is 0. The van der Waals surface area contributed by atoms with Crippen LogP contribution in [0, 0.1) is 0 Å². The van der Waals surface area contributed by atoms with Crippen LogP contribution in [0.1, 0.15) is 265 Å². The van der Waals surface area contributed by atoms with Gasteiger partial charge in [0, 0.05) is 19.3 Å². The Bertz CT molecular complexity index is 1300. The highest BCUT2D eigenvalue weighted by atomic mass is 16.6. The Kier molecular flexibility index (Phi) is 52.4. The smallest absolute Gasteiger partial charge is 0.306 e. The van der Waals surface area contributed by atoms with Crippen LogP contribution < -0.4 is 0 Å². The van der Waals surface area contributed by atoms with Gasteiger partial charge in [0.15, 0.2) is 6.10 Å². The normalized spacial score (nSPS) is 12.7. The fourth-order valence-corrected chi connectivity index (χ4v) is 7.62. The van der Waals surface area contributed by atoms with Crippen molar-refractivity contribution in [3.63, 3.8) is 0 Å². The van der Waals surface area contributed by atoms with Gasteiger partial charge in [0.05, 0.1) is 0 Å². The van der Waals surface area contributed by atoms with Crippen LogP contribution in [0.3, 0.4) is 0 Å². The average molecular weight is 933 g/mol. The number of unbranched alkanes of at least 4 members (excludes halogenated alkanes) is 25. The summed E-state index contributed by atoms with van der Waals surface area (Å²) in [6.45, 7) is 6.45. The van der Waals surface area contributed by atoms with Crippen LogP contribution in [0.5, 0.6) is 0 Å². The van der Waals surface area contributed by atoms with E-state index in [1.165, 1.54) is 103 Å². The van der Waals surface area contributed by atoms with E-state index in [0.717, 1.165) is 122 Å². The van der Waals surface area contributed by atoms with Gasteiger partial charge in [-0.2, -0.15) is 0 Å². The average Bonchev–Trinajstić information content (AvgIpc) is 3.33. The van der Waals surface area contributed by atoms with Crippen LogP contribution in [0.15, 0.2) is 85.1 Å². The van der Waals surface area contributed by atoms with Gasteiger partial charge in [0.2, 0.25) is 0 Å². The molecule has 0 spiro atoms. The van der Waals surface area contributed by atoms with Crippen molar-refractivity contribution in [1.82, 2.24) is 0 Å². The van der Waals surface area contributed by atoms with Crippen molar-refractivity contribution in [1.29, 1.82) is 0 Å². The summed E-state index contributed by atoms with van der Waals surface area (Å²) < 4.78 is 16.8. The maximum absolute atomic E-state index is 12.8. The fraction of sp³-hybridized carbons (Fsp3) is 0.721. The van der Waals surface area contributed by atoms with E-state index in [0.29, 0.717) is 19.3 Å². The summed E-state index contributed by atoms with van der Waals surface area (Å²) in [5, 5.41) is 0. The second kappa shape index (κ2) is 55.2. The summed E-state index contributed by atoms with van der Waals surface area (Å²) in [6.07, 6.45) is 71.3. The quantitative estimate of drug-likeness (QED) is 0.0262. The highest BCUT2D eigenvalue weighted by molar-refractivity contribution is 5.71. The zero-order chi connectivity index (χ0) is 48.6. The van der Waals surface area contributed by atoms with Crippen molar-refractivity contribution in [2.24, 2.45) is 0 Å². The lowest BCUT2D eigenvalue weighted by Gasteiger charge is -2.18. The molecule has 0 radical (unpaired) electrons. The Hall–Kier alpha value is -3.41. The molecule has 0 N–H and O–H groups in total. The summed E-state index contributed by atoms with van der Waals surface area (Å²) in [7, 11) is 0.